The summed E-state index contributed by atoms with van der Waals surface area (Å²) in [6.45, 7) is 1.77. The largest absolute Gasteiger partial charge is 0.321 e. The summed E-state index contributed by atoms with van der Waals surface area (Å²) in [5, 5.41) is 11.5. The lowest BCUT2D eigenvalue weighted by atomic mass is 10.1. The van der Waals surface area contributed by atoms with E-state index in [9.17, 15) is 14.4 Å². The minimum Gasteiger partial charge on any atom is -0.321 e. The molecular weight excluding hydrogens is 718 g/mol. The van der Waals surface area contributed by atoms with Gasteiger partial charge in [-0.15, -0.1) is 23.1 Å². The van der Waals surface area contributed by atoms with Gasteiger partial charge in [-0.1, -0.05) is 88.9 Å². The molecule has 4 aromatic carbocycles. The van der Waals surface area contributed by atoms with E-state index in [1.165, 1.54) is 29.2 Å². The van der Waals surface area contributed by atoms with E-state index >= 15 is 0 Å². The molecule has 0 saturated carbocycles. The van der Waals surface area contributed by atoms with E-state index in [0.29, 0.717) is 42.7 Å². The van der Waals surface area contributed by atoms with Gasteiger partial charge < -0.3 is 16.0 Å². The first-order valence-corrected chi connectivity index (χ1v) is 17.2. The molecule has 1 heterocycles. The monoisotopic (exact) mass is 740 g/mol. The van der Waals surface area contributed by atoms with Crippen molar-refractivity contribution in [2.45, 2.75) is 17.1 Å². The molecule has 1 aromatic heterocycles. The fourth-order valence-electron chi connectivity index (χ4n) is 4.16. The van der Waals surface area contributed by atoms with Gasteiger partial charge in [-0.3, -0.25) is 14.4 Å². The maximum Gasteiger partial charge on any atom is 0.272 e. The fraction of sp³-hybridized carbons (Fsp3) is 0.0588. The number of halogens is 4. The molecule has 238 valence electrons. The third-order valence-electron chi connectivity index (χ3n) is 6.53. The molecule has 0 spiro atoms. The number of carbonyl (C=O) groups is 3. The molecule has 3 N–H and O–H groups in total. The molecule has 5 rings (SSSR count). The van der Waals surface area contributed by atoms with Crippen molar-refractivity contribution < 1.29 is 14.4 Å². The summed E-state index contributed by atoms with van der Waals surface area (Å²) in [5.74, 6) is -1.30. The minimum absolute atomic E-state index is 0.0440. The Kier molecular flexibility index (Phi) is 11.6. The topological polar surface area (TPSA) is 100 Å². The van der Waals surface area contributed by atoms with Crippen LogP contribution in [-0.2, 0) is 9.59 Å². The lowest BCUT2D eigenvalue weighted by molar-refractivity contribution is -0.115. The number of thiazole rings is 1. The molecule has 1 unspecified atom stereocenters. The molecule has 0 saturated heterocycles. The van der Waals surface area contributed by atoms with Gasteiger partial charge >= 0.3 is 0 Å². The van der Waals surface area contributed by atoms with E-state index < -0.39 is 17.1 Å². The molecule has 0 aliphatic rings. The van der Waals surface area contributed by atoms with Crippen LogP contribution < -0.4 is 16.0 Å². The smallest absolute Gasteiger partial charge is 0.272 e. The normalized spacial score (nSPS) is 11.9. The highest BCUT2D eigenvalue weighted by Gasteiger charge is 2.19. The number of hydrogen-bond acceptors (Lipinski definition) is 6. The van der Waals surface area contributed by atoms with Crippen LogP contribution in [0.3, 0.4) is 0 Å². The zero-order valence-corrected chi connectivity index (χ0v) is 29.0. The Balaban J connectivity index is 1.27. The lowest BCUT2D eigenvalue weighted by Gasteiger charge is -2.14. The lowest BCUT2D eigenvalue weighted by Crippen LogP contribution is -2.30. The van der Waals surface area contributed by atoms with Crippen molar-refractivity contribution in [3.63, 3.8) is 0 Å². The van der Waals surface area contributed by atoms with Crippen LogP contribution in [0.5, 0.6) is 0 Å². The van der Waals surface area contributed by atoms with Gasteiger partial charge in [0, 0.05) is 27.1 Å². The molecule has 0 aliphatic carbocycles. The highest BCUT2D eigenvalue weighted by molar-refractivity contribution is 8.00. The van der Waals surface area contributed by atoms with Gasteiger partial charge in [-0.05, 0) is 67.1 Å². The van der Waals surface area contributed by atoms with Crippen molar-refractivity contribution in [1.82, 2.24) is 10.3 Å². The SMILES string of the molecule is CC(Sc1cccc(NC(=O)/C(=C\c2cccc(Cl)c2Cl)NC(=O)c2ccccc2)c1)C(=O)Nc1nc(-c2ccc(Cl)c(Cl)c2)cs1. The number of nitrogens with one attached hydrogen (secondary N) is 3. The molecule has 0 fully saturated rings. The van der Waals surface area contributed by atoms with Gasteiger partial charge in [0.25, 0.3) is 11.8 Å². The minimum atomic E-state index is -0.584. The first kappa shape index (κ1) is 34.5. The maximum absolute atomic E-state index is 13.5. The van der Waals surface area contributed by atoms with Crippen LogP contribution in [-0.4, -0.2) is 28.0 Å². The fourth-order valence-corrected chi connectivity index (χ4v) is 6.47. The van der Waals surface area contributed by atoms with Gasteiger partial charge in [0.2, 0.25) is 5.91 Å². The molecule has 1 atom stereocenters. The summed E-state index contributed by atoms with van der Waals surface area (Å²) in [6.07, 6.45) is 1.46. The highest BCUT2D eigenvalue weighted by Crippen LogP contribution is 2.32. The van der Waals surface area contributed by atoms with Gasteiger partial charge in [-0.2, -0.15) is 0 Å². The van der Waals surface area contributed by atoms with E-state index in [1.807, 2.05) is 17.5 Å². The number of amides is 3. The van der Waals surface area contributed by atoms with Crippen molar-refractivity contribution in [3.8, 4) is 11.3 Å². The zero-order chi connectivity index (χ0) is 33.5. The average Bonchev–Trinajstić information content (AvgIpc) is 3.53. The third kappa shape index (κ3) is 9.16. The number of nitrogens with zero attached hydrogens (tertiary/aromatic N) is 1. The van der Waals surface area contributed by atoms with Crippen molar-refractivity contribution in [2.24, 2.45) is 0 Å². The molecular formula is C34H24Cl4N4O3S2. The number of carbonyl (C=O) groups excluding carboxylic acids is 3. The Labute approximate surface area is 299 Å². The van der Waals surface area contributed by atoms with Crippen molar-refractivity contribution in [2.75, 3.05) is 10.6 Å². The Bertz CT molecular complexity index is 1990. The number of benzene rings is 4. The number of aromatic nitrogens is 1. The predicted octanol–water partition coefficient (Wildman–Crippen LogP) is 9.95. The number of hydrogen-bond donors (Lipinski definition) is 3. The van der Waals surface area contributed by atoms with E-state index in [2.05, 4.69) is 20.9 Å². The summed E-state index contributed by atoms with van der Waals surface area (Å²) in [6, 6.07) is 25.8. The molecule has 5 aromatic rings. The van der Waals surface area contributed by atoms with E-state index in [4.69, 9.17) is 46.4 Å². The van der Waals surface area contributed by atoms with Gasteiger partial charge in [-0.25, -0.2) is 4.98 Å². The molecule has 0 radical (unpaired) electrons. The van der Waals surface area contributed by atoms with Crippen molar-refractivity contribution >= 4 is 104 Å². The second-order valence-electron chi connectivity index (χ2n) is 9.92. The Morgan fingerprint density at radius 2 is 1.60 bits per heavy atom. The third-order valence-corrected chi connectivity index (χ3v) is 9.96. The summed E-state index contributed by atoms with van der Waals surface area (Å²) in [7, 11) is 0. The van der Waals surface area contributed by atoms with Crippen LogP contribution in [0.2, 0.25) is 20.1 Å². The van der Waals surface area contributed by atoms with E-state index in [1.54, 1.807) is 85.8 Å². The average molecular weight is 743 g/mol. The van der Waals surface area contributed by atoms with Crippen LogP contribution in [0.4, 0.5) is 10.8 Å². The van der Waals surface area contributed by atoms with Crippen molar-refractivity contribution in [3.05, 3.63) is 133 Å². The van der Waals surface area contributed by atoms with Gasteiger partial charge in [0.15, 0.2) is 5.13 Å². The summed E-state index contributed by atoms with van der Waals surface area (Å²) >= 11 is 27.3. The summed E-state index contributed by atoms with van der Waals surface area (Å²) in [4.78, 5) is 44.7. The first-order valence-electron chi connectivity index (χ1n) is 13.9. The Morgan fingerprint density at radius 3 is 2.36 bits per heavy atom. The molecule has 3 amide bonds. The van der Waals surface area contributed by atoms with Crippen LogP contribution in [0.1, 0.15) is 22.8 Å². The van der Waals surface area contributed by atoms with E-state index in [0.717, 1.165) is 10.5 Å². The number of rotatable bonds is 10. The number of thioether (sulfide) groups is 1. The number of anilines is 2. The highest BCUT2D eigenvalue weighted by atomic mass is 35.5. The quantitative estimate of drug-likeness (QED) is 0.0978. The Morgan fingerprint density at radius 1 is 0.830 bits per heavy atom. The molecule has 13 heteroatoms. The Hall–Kier alpha value is -3.83. The van der Waals surface area contributed by atoms with Gasteiger partial charge in [0.05, 0.1) is 31.0 Å². The molecule has 0 bridgehead atoms. The molecule has 7 nitrogen and oxygen atoms in total. The van der Waals surface area contributed by atoms with Crippen LogP contribution >= 0.6 is 69.5 Å². The van der Waals surface area contributed by atoms with Gasteiger partial charge in [0.1, 0.15) is 5.70 Å². The zero-order valence-electron chi connectivity index (χ0n) is 24.4. The molecule has 0 aliphatic heterocycles. The standard InChI is InChI=1S/C34H24Cl4N4O3S2/c1-19(31(43)42-34-41-29(18-46-34)21-13-14-25(35)27(37)15-21)47-24-11-6-10-23(17-24)39-33(45)28(16-22-9-5-12-26(36)30(22)38)40-32(44)20-7-3-2-4-8-20/h2-19H,1H3,(H,39,45)(H,40,44)(H,41,42,43)/b28-16+. The van der Waals surface area contributed by atoms with E-state index in [-0.39, 0.29) is 16.6 Å². The van der Waals surface area contributed by atoms with Crippen molar-refractivity contribution in [1.29, 1.82) is 0 Å². The second-order valence-corrected chi connectivity index (χ2v) is 13.8. The second kappa shape index (κ2) is 15.8. The first-order chi connectivity index (χ1) is 22.6. The van der Waals surface area contributed by atoms with Crippen LogP contribution in [0, 0.1) is 0 Å². The predicted molar refractivity (Wildman–Crippen MR) is 195 cm³/mol. The van der Waals surface area contributed by atoms with Crippen LogP contribution in [0.15, 0.2) is 107 Å². The summed E-state index contributed by atoms with van der Waals surface area (Å²) in [5.41, 5.74) is 2.68. The van der Waals surface area contributed by atoms with Crippen LogP contribution in [0.25, 0.3) is 17.3 Å². The molecule has 47 heavy (non-hydrogen) atoms. The maximum atomic E-state index is 13.5. The summed E-state index contributed by atoms with van der Waals surface area (Å²) < 4.78 is 0.